The maximum absolute atomic E-state index is 13.7. The number of rotatable bonds is 6. The fraction of sp³-hybridized carbons (Fsp3) is 0.371. The van der Waals surface area contributed by atoms with Gasteiger partial charge in [-0.1, -0.05) is 6.07 Å². The molecule has 2 unspecified atom stereocenters. The first kappa shape index (κ1) is 26.7. The molecule has 45 heavy (non-hydrogen) atoms. The van der Waals surface area contributed by atoms with E-state index in [2.05, 4.69) is 21.3 Å². The van der Waals surface area contributed by atoms with Crippen LogP contribution in [-0.2, 0) is 24.9 Å². The number of methoxy groups -OCH3 is 1. The predicted molar refractivity (Wildman–Crippen MR) is 169 cm³/mol. The molecule has 3 fully saturated rings. The number of carbonyl (C=O) groups is 2. The first-order valence-corrected chi connectivity index (χ1v) is 15.8. The van der Waals surface area contributed by atoms with Gasteiger partial charge in [-0.05, 0) is 80.0 Å². The number of carbonyl (C=O) groups excluding carboxylic acids is 2. The fourth-order valence-corrected chi connectivity index (χ4v) is 7.78. The molecule has 2 aliphatic heterocycles. The molecule has 10 nitrogen and oxygen atoms in total. The Balaban J connectivity index is 1.15. The van der Waals surface area contributed by atoms with Crippen LogP contribution in [0.3, 0.4) is 0 Å². The van der Waals surface area contributed by atoms with Crippen LogP contribution in [0.4, 0.5) is 0 Å². The summed E-state index contributed by atoms with van der Waals surface area (Å²) in [4.78, 5) is 37.9. The normalized spacial score (nSPS) is 22.1. The molecular formula is C35H34N6O4. The van der Waals surface area contributed by atoms with Crippen LogP contribution >= 0.6 is 0 Å². The van der Waals surface area contributed by atoms with Crippen molar-refractivity contribution in [3.05, 3.63) is 65.2 Å². The van der Waals surface area contributed by atoms with Gasteiger partial charge in [-0.2, -0.15) is 0 Å². The maximum Gasteiger partial charge on any atom is 0.338 e. The molecule has 1 saturated heterocycles. The third-order valence-corrected chi connectivity index (χ3v) is 10.4. The van der Waals surface area contributed by atoms with Gasteiger partial charge in [-0.25, -0.2) is 14.8 Å². The number of pyridine rings is 1. The molecular weight excluding hydrogens is 568 g/mol. The number of ether oxygens (including phenoxy) is 2. The maximum atomic E-state index is 13.7. The first-order valence-electron chi connectivity index (χ1n) is 15.8. The summed E-state index contributed by atoms with van der Waals surface area (Å²) in [5.41, 5.74) is 13.7. The van der Waals surface area contributed by atoms with Crippen LogP contribution in [-0.4, -0.2) is 61.6 Å². The number of amides is 1. The molecule has 0 spiro atoms. The van der Waals surface area contributed by atoms with Crippen LogP contribution in [0.25, 0.3) is 44.8 Å². The molecule has 5 heterocycles. The summed E-state index contributed by atoms with van der Waals surface area (Å²) in [6.45, 7) is 1.86. The van der Waals surface area contributed by atoms with Crippen molar-refractivity contribution in [2.24, 2.45) is 24.6 Å². The molecule has 2 N–H and O–H groups in total. The number of piperidine rings is 1. The number of nitrogens with two attached hydrogens (primary N) is 1. The van der Waals surface area contributed by atoms with Crippen molar-refractivity contribution in [1.82, 2.24) is 24.0 Å². The highest BCUT2D eigenvalue weighted by molar-refractivity contribution is 6.00. The van der Waals surface area contributed by atoms with Gasteiger partial charge in [0.15, 0.2) is 5.82 Å². The standard InChI is InChI=1S/C35H34N6O4/c1-39-31-26(12-22(14-29(31)44-2)34(42)41-16-21-7-10-27(41)30(21)36)38-33(39)28-13-20-6-9-25(37-32(20)40(28)15-18-3-4-18)19-5-8-24-23(11-19)17-45-35(24)43/h5-6,8-9,11-14,18,21,27,30H,3-4,7,10,15-17,36H2,1-2H3/t21?,27?,30-/m1/s1. The lowest BCUT2D eigenvalue weighted by Crippen LogP contribution is -2.41. The molecule has 3 atom stereocenters. The number of esters is 1. The van der Waals surface area contributed by atoms with E-state index in [0.717, 1.165) is 69.8 Å². The SMILES string of the molecule is COc1cc(C(=O)N2CC3CCC2[C@@H]3N)cc2nc(-c3cc4ccc(-c5ccc6c(c5)COC6=O)nc4n3CC3CC3)n(C)c12. The Kier molecular flexibility index (Phi) is 5.72. The number of likely N-dealkylation sites (tertiary alicyclic amines) is 1. The summed E-state index contributed by atoms with van der Waals surface area (Å²) in [6, 6.07) is 16.0. The lowest BCUT2D eigenvalue weighted by molar-refractivity contribution is 0.0534. The van der Waals surface area contributed by atoms with E-state index in [1.54, 1.807) is 7.11 Å². The molecule has 3 aromatic heterocycles. The summed E-state index contributed by atoms with van der Waals surface area (Å²) in [7, 11) is 3.64. The average Bonchev–Trinajstić information content (AvgIpc) is 3.26. The quantitative estimate of drug-likeness (QED) is 0.275. The minimum absolute atomic E-state index is 0.00730. The van der Waals surface area contributed by atoms with Crippen LogP contribution in [0.1, 0.15) is 52.0 Å². The van der Waals surface area contributed by atoms with Gasteiger partial charge < -0.3 is 29.2 Å². The molecule has 10 heteroatoms. The lowest BCUT2D eigenvalue weighted by Gasteiger charge is -2.27. The van der Waals surface area contributed by atoms with Gasteiger partial charge in [0.2, 0.25) is 0 Å². The van der Waals surface area contributed by atoms with E-state index in [0.29, 0.717) is 41.9 Å². The number of hydrogen-bond donors (Lipinski definition) is 1. The van der Waals surface area contributed by atoms with E-state index in [4.69, 9.17) is 25.2 Å². The number of fused-ring (bicyclic) bond motifs is 5. The zero-order chi connectivity index (χ0) is 30.6. The topological polar surface area (TPSA) is 118 Å². The Hall–Kier alpha value is -4.70. The summed E-state index contributed by atoms with van der Waals surface area (Å²) in [6.07, 6.45) is 4.45. The van der Waals surface area contributed by atoms with Crippen LogP contribution < -0.4 is 10.5 Å². The molecule has 2 saturated carbocycles. The van der Waals surface area contributed by atoms with E-state index < -0.39 is 0 Å². The first-order chi connectivity index (χ1) is 21.9. The van der Waals surface area contributed by atoms with E-state index in [1.807, 2.05) is 48.3 Å². The molecule has 0 radical (unpaired) electrons. The molecule has 2 bridgehead atoms. The average molecular weight is 603 g/mol. The minimum Gasteiger partial charge on any atom is -0.494 e. The van der Waals surface area contributed by atoms with Crippen molar-refractivity contribution in [1.29, 1.82) is 0 Å². The van der Waals surface area contributed by atoms with Crippen molar-refractivity contribution < 1.29 is 19.1 Å². The second-order valence-electron chi connectivity index (χ2n) is 13.1. The highest BCUT2D eigenvalue weighted by Crippen LogP contribution is 2.40. The third kappa shape index (κ3) is 4.04. The summed E-state index contributed by atoms with van der Waals surface area (Å²) in [5.74, 6) is 2.12. The van der Waals surface area contributed by atoms with Crippen molar-refractivity contribution in [2.75, 3.05) is 13.7 Å². The van der Waals surface area contributed by atoms with Crippen molar-refractivity contribution in [3.8, 4) is 28.5 Å². The fourth-order valence-electron chi connectivity index (χ4n) is 7.78. The Labute approximate surface area is 259 Å². The molecule has 228 valence electrons. The Morgan fingerprint density at radius 1 is 1.07 bits per heavy atom. The number of benzene rings is 2. The lowest BCUT2D eigenvalue weighted by atomic mass is 10.0. The van der Waals surface area contributed by atoms with Gasteiger partial charge in [0.05, 0.1) is 29.6 Å². The molecule has 9 rings (SSSR count). The third-order valence-electron chi connectivity index (χ3n) is 10.4. The predicted octanol–water partition coefficient (Wildman–Crippen LogP) is 4.91. The number of aryl methyl sites for hydroxylation is 1. The Morgan fingerprint density at radius 3 is 2.69 bits per heavy atom. The molecule has 4 aliphatic rings. The number of aromatic nitrogens is 4. The zero-order valence-electron chi connectivity index (χ0n) is 25.3. The van der Waals surface area contributed by atoms with Crippen LogP contribution in [0.2, 0.25) is 0 Å². The van der Waals surface area contributed by atoms with Gasteiger partial charge >= 0.3 is 5.97 Å². The van der Waals surface area contributed by atoms with E-state index in [9.17, 15) is 9.59 Å². The smallest absolute Gasteiger partial charge is 0.338 e. The minimum atomic E-state index is -0.272. The monoisotopic (exact) mass is 602 g/mol. The number of imidazole rings is 1. The number of cyclic esters (lactones) is 1. The summed E-state index contributed by atoms with van der Waals surface area (Å²) in [5, 5.41) is 1.03. The van der Waals surface area contributed by atoms with Crippen molar-refractivity contribution in [2.45, 2.75) is 50.9 Å². The van der Waals surface area contributed by atoms with Gasteiger partial charge in [0.25, 0.3) is 5.91 Å². The van der Waals surface area contributed by atoms with Gasteiger partial charge in [-0.15, -0.1) is 0 Å². The number of nitrogens with zero attached hydrogens (tertiary/aromatic N) is 5. The Morgan fingerprint density at radius 2 is 1.93 bits per heavy atom. The molecule has 2 aromatic carbocycles. The van der Waals surface area contributed by atoms with E-state index >= 15 is 0 Å². The second-order valence-corrected chi connectivity index (χ2v) is 13.1. The molecule has 5 aromatic rings. The highest BCUT2D eigenvalue weighted by atomic mass is 16.5. The number of hydrogen-bond acceptors (Lipinski definition) is 7. The molecule has 2 aliphatic carbocycles. The summed E-state index contributed by atoms with van der Waals surface area (Å²) >= 11 is 0. The summed E-state index contributed by atoms with van der Waals surface area (Å²) < 4.78 is 15.4. The van der Waals surface area contributed by atoms with Gasteiger partial charge in [0.1, 0.15) is 23.5 Å². The van der Waals surface area contributed by atoms with Gasteiger partial charge in [-0.3, -0.25) is 4.79 Å². The van der Waals surface area contributed by atoms with Crippen molar-refractivity contribution in [3.63, 3.8) is 0 Å². The van der Waals surface area contributed by atoms with E-state index in [1.165, 1.54) is 12.8 Å². The van der Waals surface area contributed by atoms with Crippen molar-refractivity contribution >= 4 is 33.9 Å². The van der Waals surface area contributed by atoms with Crippen LogP contribution in [0, 0.1) is 11.8 Å². The largest absolute Gasteiger partial charge is 0.494 e. The van der Waals surface area contributed by atoms with Crippen LogP contribution in [0.15, 0.2) is 48.5 Å². The molecule has 1 amide bonds. The van der Waals surface area contributed by atoms with E-state index in [-0.39, 0.29) is 24.0 Å². The van der Waals surface area contributed by atoms with Gasteiger partial charge in [0, 0.05) is 54.3 Å². The second kappa shape index (κ2) is 9.65. The zero-order valence-corrected chi connectivity index (χ0v) is 25.3. The highest BCUT2D eigenvalue weighted by Gasteiger charge is 2.47. The Bertz CT molecular complexity index is 2070. The van der Waals surface area contributed by atoms with Crippen LogP contribution in [0.5, 0.6) is 5.75 Å².